The first kappa shape index (κ1) is 14.3. The van der Waals surface area contributed by atoms with E-state index in [4.69, 9.17) is 11.6 Å². The molecule has 0 saturated heterocycles. The molecule has 0 heterocycles. The van der Waals surface area contributed by atoms with Crippen LogP contribution >= 0.6 is 11.6 Å². The Morgan fingerprint density at radius 3 is 2.59 bits per heavy atom. The van der Waals surface area contributed by atoms with E-state index in [1.54, 1.807) is 0 Å². The summed E-state index contributed by atoms with van der Waals surface area (Å²) in [7, 11) is 2.11. The number of anilines is 1. The summed E-state index contributed by atoms with van der Waals surface area (Å²) in [5.41, 5.74) is 2.35. The predicted molar refractivity (Wildman–Crippen MR) is 76.9 cm³/mol. The summed E-state index contributed by atoms with van der Waals surface area (Å²) in [6, 6.07) is 6.30. The predicted octanol–water partition coefficient (Wildman–Crippen LogP) is 3.54. The van der Waals surface area contributed by atoms with E-state index in [1.807, 2.05) is 0 Å². The van der Waals surface area contributed by atoms with Crippen LogP contribution in [0.2, 0.25) is 5.02 Å². The average molecular weight is 255 g/mol. The van der Waals surface area contributed by atoms with Crippen LogP contribution in [-0.4, -0.2) is 20.1 Å². The Bertz CT molecular complexity index is 350. The van der Waals surface area contributed by atoms with Gasteiger partial charge < -0.3 is 10.2 Å². The van der Waals surface area contributed by atoms with Crippen LogP contribution in [0, 0.1) is 5.92 Å². The molecule has 0 aliphatic rings. The Morgan fingerprint density at radius 1 is 1.35 bits per heavy atom. The van der Waals surface area contributed by atoms with E-state index in [0.717, 1.165) is 30.2 Å². The lowest BCUT2D eigenvalue weighted by Crippen LogP contribution is -2.22. The van der Waals surface area contributed by atoms with Gasteiger partial charge in [-0.05, 0) is 30.2 Å². The molecule has 17 heavy (non-hydrogen) atoms. The maximum Gasteiger partial charge on any atom is 0.0471 e. The van der Waals surface area contributed by atoms with E-state index in [2.05, 4.69) is 56.2 Å². The molecule has 3 heteroatoms. The lowest BCUT2D eigenvalue weighted by molar-refractivity contribution is 0.638. The molecule has 2 nitrogen and oxygen atoms in total. The second-order valence-corrected chi connectivity index (χ2v) is 5.24. The van der Waals surface area contributed by atoms with Crippen molar-refractivity contribution in [2.75, 3.05) is 25.0 Å². The Kier molecular flexibility index (Phi) is 5.79. The van der Waals surface area contributed by atoms with E-state index in [9.17, 15) is 0 Å². The van der Waals surface area contributed by atoms with E-state index < -0.39 is 0 Å². The topological polar surface area (TPSA) is 15.3 Å². The number of hydrogen-bond donors (Lipinski definition) is 1. The normalized spacial score (nSPS) is 10.9. The molecule has 0 bridgehead atoms. The maximum atomic E-state index is 6.28. The van der Waals surface area contributed by atoms with Crippen LogP contribution < -0.4 is 10.2 Å². The highest BCUT2D eigenvalue weighted by Crippen LogP contribution is 2.23. The Morgan fingerprint density at radius 2 is 2.06 bits per heavy atom. The van der Waals surface area contributed by atoms with Gasteiger partial charge in [-0.1, -0.05) is 38.4 Å². The summed E-state index contributed by atoms with van der Waals surface area (Å²) in [5.74, 6) is 0.653. The smallest absolute Gasteiger partial charge is 0.0471 e. The minimum Gasteiger partial charge on any atom is -0.374 e. The first-order valence-electron chi connectivity index (χ1n) is 6.24. The van der Waals surface area contributed by atoms with Crippen molar-refractivity contribution in [3.8, 4) is 0 Å². The molecule has 1 rings (SSSR count). The third-order valence-corrected chi connectivity index (χ3v) is 3.03. The van der Waals surface area contributed by atoms with Crippen LogP contribution in [0.4, 0.5) is 5.69 Å². The molecule has 0 aliphatic heterocycles. The number of benzene rings is 1. The standard InChI is InChI=1S/C14H23ClN2/c1-5-16-9-12-6-7-13(8-14(12)15)17(4)10-11(2)3/h6-8,11,16H,5,9-10H2,1-4H3. The zero-order valence-corrected chi connectivity index (χ0v) is 12.0. The van der Waals surface area contributed by atoms with Gasteiger partial charge >= 0.3 is 0 Å². The minimum absolute atomic E-state index is 0.653. The van der Waals surface area contributed by atoms with Gasteiger partial charge in [-0.3, -0.25) is 0 Å². The monoisotopic (exact) mass is 254 g/mol. The van der Waals surface area contributed by atoms with Crippen molar-refractivity contribution in [2.45, 2.75) is 27.3 Å². The van der Waals surface area contributed by atoms with Crippen LogP contribution in [0.1, 0.15) is 26.3 Å². The van der Waals surface area contributed by atoms with Crippen molar-refractivity contribution in [1.29, 1.82) is 0 Å². The van der Waals surface area contributed by atoms with Crippen molar-refractivity contribution >= 4 is 17.3 Å². The van der Waals surface area contributed by atoms with Crippen LogP contribution in [-0.2, 0) is 6.54 Å². The fourth-order valence-corrected chi connectivity index (χ4v) is 2.07. The van der Waals surface area contributed by atoms with E-state index in [0.29, 0.717) is 5.92 Å². The second-order valence-electron chi connectivity index (χ2n) is 4.83. The molecule has 0 spiro atoms. The molecular formula is C14H23ClN2. The quantitative estimate of drug-likeness (QED) is 0.835. The molecule has 96 valence electrons. The zero-order valence-electron chi connectivity index (χ0n) is 11.3. The molecule has 0 aliphatic carbocycles. The first-order chi connectivity index (χ1) is 8.04. The molecule has 0 radical (unpaired) electrons. The largest absolute Gasteiger partial charge is 0.374 e. The van der Waals surface area contributed by atoms with Gasteiger partial charge in [0.05, 0.1) is 0 Å². The van der Waals surface area contributed by atoms with Gasteiger partial charge in [0.25, 0.3) is 0 Å². The Hall–Kier alpha value is -0.730. The van der Waals surface area contributed by atoms with E-state index in [-0.39, 0.29) is 0 Å². The van der Waals surface area contributed by atoms with Crippen molar-refractivity contribution in [3.05, 3.63) is 28.8 Å². The number of halogens is 1. The van der Waals surface area contributed by atoms with Gasteiger partial charge in [-0.15, -0.1) is 0 Å². The minimum atomic E-state index is 0.653. The number of nitrogens with one attached hydrogen (secondary N) is 1. The molecule has 1 aromatic rings. The van der Waals surface area contributed by atoms with Gasteiger partial charge in [-0.2, -0.15) is 0 Å². The average Bonchev–Trinajstić information content (AvgIpc) is 2.26. The Labute approximate surface area is 110 Å². The van der Waals surface area contributed by atoms with Crippen molar-refractivity contribution in [2.24, 2.45) is 5.92 Å². The first-order valence-corrected chi connectivity index (χ1v) is 6.62. The Balaban J connectivity index is 2.73. The van der Waals surface area contributed by atoms with Crippen LogP contribution in [0.15, 0.2) is 18.2 Å². The number of nitrogens with zero attached hydrogens (tertiary/aromatic N) is 1. The fourth-order valence-electron chi connectivity index (χ4n) is 1.83. The number of hydrogen-bond acceptors (Lipinski definition) is 2. The van der Waals surface area contributed by atoms with Crippen molar-refractivity contribution in [3.63, 3.8) is 0 Å². The molecule has 0 aromatic heterocycles. The maximum absolute atomic E-state index is 6.28. The fraction of sp³-hybridized carbons (Fsp3) is 0.571. The SMILES string of the molecule is CCNCc1ccc(N(C)CC(C)C)cc1Cl. The highest BCUT2D eigenvalue weighted by Gasteiger charge is 2.06. The third-order valence-electron chi connectivity index (χ3n) is 2.68. The van der Waals surface area contributed by atoms with Crippen molar-refractivity contribution < 1.29 is 0 Å². The summed E-state index contributed by atoms with van der Waals surface area (Å²) >= 11 is 6.28. The molecular weight excluding hydrogens is 232 g/mol. The van der Waals surface area contributed by atoms with Gasteiger partial charge in [0, 0.05) is 30.8 Å². The summed E-state index contributed by atoms with van der Waals surface area (Å²) in [5, 5.41) is 4.13. The summed E-state index contributed by atoms with van der Waals surface area (Å²) in [6.07, 6.45) is 0. The number of rotatable bonds is 6. The lowest BCUT2D eigenvalue weighted by atomic mass is 10.1. The third kappa shape index (κ3) is 4.57. The summed E-state index contributed by atoms with van der Waals surface area (Å²) < 4.78 is 0. The molecule has 0 saturated carbocycles. The summed E-state index contributed by atoms with van der Waals surface area (Å²) in [6.45, 7) is 9.38. The highest BCUT2D eigenvalue weighted by molar-refractivity contribution is 6.31. The molecule has 0 amide bonds. The zero-order chi connectivity index (χ0) is 12.8. The van der Waals surface area contributed by atoms with E-state index >= 15 is 0 Å². The van der Waals surface area contributed by atoms with Gasteiger partial charge in [0.15, 0.2) is 0 Å². The van der Waals surface area contributed by atoms with Crippen molar-refractivity contribution in [1.82, 2.24) is 5.32 Å². The summed E-state index contributed by atoms with van der Waals surface area (Å²) in [4.78, 5) is 2.24. The van der Waals surface area contributed by atoms with Gasteiger partial charge in [0.1, 0.15) is 0 Å². The molecule has 0 atom stereocenters. The molecule has 1 N–H and O–H groups in total. The van der Waals surface area contributed by atoms with Crippen LogP contribution in [0.5, 0.6) is 0 Å². The van der Waals surface area contributed by atoms with E-state index in [1.165, 1.54) is 5.69 Å². The second kappa shape index (κ2) is 6.87. The van der Waals surface area contributed by atoms with Crippen LogP contribution in [0.25, 0.3) is 0 Å². The molecule has 1 aromatic carbocycles. The molecule has 0 unspecified atom stereocenters. The van der Waals surface area contributed by atoms with Crippen LogP contribution in [0.3, 0.4) is 0 Å². The molecule has 0 fully saturated rings. The lowest BCUT2D eigenvalue weighted by Gasteiger charge is -2.22. The van der Waals surface area contributed by atoms with Gasteiger partial charge in [0.2, 0.25) is 0 Å². The van der Waals surface area contributed by atoms with Gasteiger partial charge in [-0.25, -0.2) is 0 Å². The highest BCUT2D eigenvalue weighted by atomic mass is 35.5.